The van der Waals surface area contributed by atoms with Gasteiger partial charge < -0.3 is 5.32 Å². The van der Waals surface area contributed by atoms with E-state index in [1.54, 1.807) is 16.0 Å². The van der Waals surface area contributed by atoms with Gasteiger partial charge in [-0.25, -0.2) is 4.98 Å². The predicted molar refractivity (Wildman–Crippen MR) is 120 cm³/mol. The van der Waals surface area contributed by atoms with Gasteiger partial charge in [-0.15, -0.1) is 11.3 Å². The fourth-order valence-corrected chi connectivity index (χ4v) is 4.42. The molecule has 0 fully saturated rings. The minimum Gasteiger partial charge on any atom is -0.324 e. The highest BCUT2D eigenvalue weighted by molar-refractivity contribution is 7.21. The Hall–Kier alpha value is -2.70. The highest BCUT2D eigenvalue weighted by atomic mass is 35.5. The quantitative estimate of drug-likeness (QED) is 0.441. The minimum atomic E-state index is -0.464. The van der Waals surface area contributed by atoms with Gasteiger partial charge in [-0.3, -0.25) is 9.48 Å². The first-order chi connectivity index (χ1) is 13.8. The lowest BCUT2D eigenvalue weighted by molar-refractivity contribution is -0.119. The van der Waals surface area contributed by atoms with E-state index in [1.165, 1.54) is 10.3 Å². The first-order valence-corrected chi connectivity index (χ1v) is 10.5. The summed E-state index contributed by atoms with van der Waals surface area (Å²) < 4.78 is 2.83. The number of aromatic nitrogens is 3. The van der Waals surface area contributed by atoms with Crippen molar-refractivity contribution in [2.45, 2.75) is 33.7 Å². The van der Waals surface area contributed by atoms with E-state index in [-0.39, 0.29) is 5.91 Å². The molecule has 7 heteroatoms. The standard InChI is InChI=1S/C22H21ClN4OS/c1-12-5-10-18-19(11-12)29-22(25-18)16-6-8-17(9-7-16)24-21(28)15(4)27-14(3)20(23)13(2)26-27/h5-11,15H,1-4H3,(H,24,28). The fourth-order valence-electron chi connectivity index (χ4n) is 3.23. The molecule has 1 amide bonds. The topological polar surface area (TPSA) is 59.8 Å². The summed E-state index contributed by atoms with van der Waals surface area (Å²) in [5, 5.41) is 8.88. The van der Waals surface area contributed by atoms with Crippen LogP contribution in [0.2, 0.25) is 5.02 Å². The Kier molecular flexibility index (Phi) is 5.15. The number of hydrogen-bond acceptors (Lipinski definition) is 4. The van der Waals surface area contributed by atoms with E-state index < -0.39 is 6.04 Å². The van der Waals surface area contributed by atoms with Gasteiger partial charge in [-0.1, -0.05) is 17.7 Å². The molecule has 2 aromatic carbocycles. The Balaban J connectivity index is 1.51. The summed E-state index contributed by atoms with van der Waals surface area (Å²) in [6.07, 6.45) is 0. The maximum atomic E-state index is 12.7. The van der Waals surface area contributed by atoms with Crippen LogP contribution in [0, 0.1) is 20.8 Å². The molecule has 1 N–H and O–H groups in total. The number of fused-ring (bicyclic) bond motifs is 1. The molecule has 4 aromatic rings. The van der Waals surface area contributed by atoms with Crippen molar-refractivity contribution in [3.05, 3.63) is 64.4 Å². The van der Waals surface area contributed by atoms with Gasteiger partial charge in [0.05, 0.1) is 26.6 Å². The molecule has 0 bridgehead atoms. The normalized spacial score (nSPS) is 12.3. The maximum Gasteiger partial charge on any atom is 0.248 e. The van der Waals surface area contributed by atoms with E-state index in [4.69, 9.17) is 16.6 Å². The lowest BCUT2D eigenvalue weighted by Crippen LogP contribution is -2.25. The van der Waals surface area contributed by atoms with E-state index in [0.29, 0.717) is 5.02 Å². The molecule has 0 radical (unpaired) electrons. The van der Waals surface area contributed by atoms with Crippen LogP contribution in [0.3, 0.4) is 0 Å². The molecule has 5 nitrogen and oxygen atoms in total. The molecule has 0 saturated carbocycles. The summed E-state index contributed by atoms with van der Waals surface area (Å²) in [4.78, 5) is 17.4. The zero-order valence-corrected chi connectivity index (χ0v) is 18.2. The fraction of sp³-hybridized carbons (Fsp3) is 0.227. The Morgan fingerprint density at radius 3 is 2.52 bits per heavy atom. The molecule has 0 aliphatic heterocycles. The van der Waals surface area contributed by atoms with Crippen molar-refractivity contribution in [1.29, 1.82) is 0 Å². The van der Waals surface area contributed by atoms with Crippen LogP contribution < -0.4 is 5.32 Å². The first kappa shape index (κ1) is 19.6. The maximum absolute atomic E-state index is 12.7. The average Bonchev–Trinajstić information content (AvgIpc) is 3.24. The Labute approximate surface area is 178 Å². The van der Waals surface area contributed by atoms with E-state index in [0.717, 1.165) is 33.2 Å². The molecule has 29 heavy (non-hydrogen) atoms. The third kappa shape index (κ3) is 3.78. The van der Waals surface area contributed by atoms with Crippen molar-refractivity contribution in [2.75, 3.05) is 5.32 Å². The zero-order valence-electron chi connectivity index (χ0n) is 16.7. The smallest absolute Gasteiger partial charge is 0.248 e. The Bertz CT molecular complexity index is 1210. The summed E-state index contributed by atoms with van der Waals surface area (Å²) in [5.41, 5.74) is 5.50. The monoisotopic (exact) mass is 424 g/mol. The Morgan fingerprint density at radius 1 is 1.14 bits per heavy atom. The number of halogens is 1. The molecule has 2 aromatic heterocycles. The predicted octanol–water partition coefficient (Wildman–Crippen LogP) is 5.94. The summed E-state index contributed by atoms with van der Waals surface area (Å²) >= 11 is 7.87. The largest absolute Gasteiger partial charge is 0.324 e. The van der Waals surface area contributed by atoms with Gasteiger partial charge in [0.25, 0.3) is 0 Å². The van der Waals surface area contributed by atoms with Crippen LogP contribution in [0.15, 0.2) is 42.5 Å². The summed E-state index contributed by atoms with van der Waals surface area (Å²) in [6.45, 7) is 7.58. The molecular formula is C22H21ClN4OS. The van der Waals surface area contributed by atoms with Crippen molar-refractivity contribution in [1.82, 2.24) is 14.8 Å². The third-order valence-corrected chi connectivity index (χ3v) is 6.54. The minimum absolute atomic E-state index is 0.143. The average molecular weight is 425 g/mol. The number of thiazole rings is 1. The van der Waals surface area contributed by atoms with E-state index >= 15 is 0 Å². The van der Waals surface area contributed by atoms with Crippen molar-refractivity contribution >= 4 is 44.7 Å². The molecular weight excluding hydrogens is 404 g/mol. The first-order valence-electron chi connectivity index (χ1n) is 9.33. The molecule has 0 spiro atoms. The van der Waals surface area contributed by atoms with Crippen LogP contribution in [0.1, 0.15) is 29.9 Å². The van der Waals surface area contributed by atoms with Crippen LogP contribution in [0.4, 0.5) is 5.69 Å². The lowest BCUT2D eigenvalue weighted by atomic mass is 10.2. The van der Waals surface area contributed by atoms with E-state index in [1.807, 2.05) is 51.1 Å². The molecule has 0 aliphatic rings. The summed E-state index contributed by atoms with van der Waals surface area (Å²) in [6, 6.07) is 13.5. The number of aryl methyl sites for hydroxylation is 2. The molecule has 0 saturated heterocycles. The van der Waals surface area contributed by atoms with E-state index in [2.05, 4.69) is 29.5 Å². The molecule has 148 valence electrons. The number of benzene rings is 2. The van der Waals surface area contributed by atoms with Crippen LogP contribution >= 0.6 is 22.9 Å². The van der Waals surface area contributed by atoms with Gasteiger partial charge in [-0.2, -0.15) is 5.10 Å². The van der Waals surface area contributed by atoms with Gasteiger partial charge in [0.15, 0.2) is 0 Å². The second-order valence-corrected chi connectivity index (χ2v) is 8.57. The van der Waals surface area contributed by atoms with Crippen molar-refractivity contribution in [2.24, 2.45) is 0 Å². The van der Waals surface area contributed by atoms with Crippen LogP contribution in [-0.4, -0.2) is 20.7 Å². The third-order valence-electron chi connectivity index (χ3n) is 4.93. The Morgan fingerprint density at radius 2 is 1.86 bits per heavy atom. The molecule has 0 aliphatic carbocycles. The van der Waals surface area contributed by atoms with Gasteiger partial charge >= 0.3 is 0 Å². The van der Waals surface area contributed by atoms with Crippen molar-refractivity contribution in [3.63, 3.8) is 0 Å². The van der Waals surface area contributed by atoms with Gasteiger partial charge in [0, 0.05) is 11.3 Å². The number of anilines is 1. The number of rotatable bonds is 4. The number of nitrogens with zero attached hydrogens (tertiary/aromatic N) is 3. The van der Waals surface area contributed by atoms with Crippen molar-refractivity contribution in [3.8, 4) is 10.6 Å². The number of nitrogens with one attached hydrogen (secondary N) is 1. The van der Waals surface area contributed by atoms with Gasteiger partial charge in [-0.05, 0) is 69.7 Å². The molecule has 1 atom stereocenters. The van der Waals surface area contributed by atoms with E-state index in [9.17, 15) is 4.79 Å². The zero-order chi connectivity index (χ0) is 20.7. The van der Waals surface area contributed by atoms with Crippen LogP contribution in [0.5, 0.6) is 0 Å². The van der Waals surface area contributed by atoms with Crippen LogP contribution in [-0.2, 0) is 4.79 Å². The lowest BCUT2D eigenvalue weighted by Gasteiger charge is -2.14. The molecule has 2 heterocycles. The SMILES string of the molecule is Cc1ccc2nc(-c3ccc(NC(=O)C(C)n4nc(C)c(Cl)c4C)cc3)sc2c1. The summed E-state index contributed by atoms with van der Waals surface area (Å²) in [5.74, 6) is -0.143. The number of hydrogen-bond donors (Lipinski definition) is 1. The number of carbonyl (C=O) groups excluding carboxylic acids is 1. The second kappa shape index (κ2) is 7.61. The highest BCUT2D eigenvalue weighted by Gasteiger charge is 2.20. The molecule has 4 rings (SSSR count). The summed E-state index contributed by atoms with van der Waals surface area (Å²) in [7, 11) is 0. The number of amides is 1. The van der Waals surface area contributed by atoms with Gasteiger partial charge in [0.1, 0.15) is 11.0 Å². The van der Waals surface area contributed by atoms with Gasteiger partial charge in [0.2, 0.25) is 5.91 Å². The number of carbonyl (C=O) groups is 1. The highest BCUT2D eigenvalue weighted by Crippen LogP contribution is 2.31. The van der Waals surface area contributed by atoms with Crippen molar-refractivity contribution < 1.29 is 4.79 Å². The molecule has 1 unspecified atom stereocenters. The second-order valence-electron chi connectivity index (χ2n) is 7.16. The van der Waals surface area contributed by atoms with Crippen LogP contribution in [0.25, 0.3) is 20.8 Å².